The molecule has 0 aromatic heterocycles. The summed E-state index contributed by atoms with van der Waals surface area (Å²) in [5.41, 5.74) is 1.53. The first-order valence-electron chi connectivity index (χ1n) is 2.24. The van der Waals surface area contributed by atoms with Crippen LogP contribution in [0, 0.1) is 0 Å². The molecule has 0 heterocycles. The molecule has 0 aliphatic rings. The summed E-state index contributed by atoms with van der Waals surface area (Å²) in [6.45, 7) is 1.87. The summed E-state index contributed by atoms with van der Waals surface area (Å²) in [4.78, 5) is 10.1. The smallest absolute Gasteiger partial charge is 0.289 e. The van der Waals surface area contributed by atoms with Crippen LogP contribution < -0.4 is 35.0 Å². The van der Waals surface area contributed by atoms with E-state index in [1.807, 2.05) is 6.92 Å². The Morgan fingerprint density at radius 1 is 1.75 bits per heavy atom. The summed E-state index contributed by atoms with van der Waals surface area (Å²) in [7, 11) is 0. The van der Waals surface area contributed by atoms with Gasteiger partial charge in [0, 0.05) is 6.42 Å². The molecule has 0 radical (unpaired) electrons. The number of hydrogen-bond donors (Lipinski definition) is 2. The van der Waals surface area contributed by atoms with Gasteiger partial charge in [-0.1, -0.05) is 6.92 Å². The van der Waals surface area contributed by atoms with Crippen LogP contribution in [0.15, 0.2) is 0 Å². The fourth-order valence-electron chi connectivity index (χ4n) is 0.283. The Morgan fingerprint density at radius 3 is 2.38 bits per heavy atom. The van der Waals surface area contributed by atoms with E-state index < -0.39 is 0 Å². The second-order valence-corrected chi connectivity index (χ2v) is 1.28. The van der Waals surface area contributed by atoms with Crippen LogP contribution in [0.2, 0.25) is 0 Å². The molecule has 0 unspecified atom stereocenters. The first kappa shape index (κ1) is 11.3. The standard InChI is InChI=1S/C4H9NO2.Na/c1-2-3-4(6)5-7;/h7H,2-3H2,1H3,(H,5,6);/q;+1. The fraction of sp³-hybridized carbons (Fsp3) is 0.750. The van der Waals surface area contributed by atoms with E-state index in [1.165, 1.54) is 5.48 Å². The van der Waals surface area contributed by atoms with Gasteiger partial charge in [0.25, 0.3) is 0 Å². The van der Waals surface area contributed by atoms with Crippen LogP contribution >= 0.6 is 0 Å². The van der Waals surface area contributed by atoms with Crippen molar-refractivity contribution < 1.29 is 39.6 Å². The molecule has 0 atom stereocenters. The summed E-state index contributed by atoms with van der Waals surface area (Å²) in [6, 6.07) is 0. The zero-order valence-corrected chi connectivity index (χ0v) is 7.27. The van der Waals surface area contributed by atoms with Gasteiger partial charge < -0.3 is 0 Å². The van der Waals surface area contributed by atoms with Gasteiger partial charge in [-0.15, -0.1) is 0 Å². The average molecular weight is 126 g/mol. The van der Waals surface area contributed by atoms with Gasteiger partial charge in [0.1, 0.15) is 0 Å². The number of rotatable bonds is 2. The maximum atomic E-state index is 10.1. The molecule has 0 rings (SSSR count). The predicted molar refractivity (Wildman–Crippen MR) is 24.8 cm³/mol. The van der Waals surface area contributed by atoms with E-state index in [4.69, 9.17) is 5.21 Å². The van der Waals surface area contributed by atoms with E-state index in [2.05, 4.69) is 0 Å². The molecule has 3 nitrogen and oxygen atoms in total. The van der Waals surface area contributed by atoms with Crippen molar-refractivity contribution in [2.24, 2.45) is 0 Å². The van der Waals surface area contributed by atoms with Crippen molar-refractivity contribution in [2.45, 2.75) is 19.8 Å². The molecule has 0 aromatic carbocycles. The van der Waals surface area contributed by atoms with Gasteiger partial charge in [-0.25, -0.2) is 5.48 Å². The largest absolute Gasteiger partial charge is 1.00 e. The average Bonchev–Trinajstić information content (AvgIpc) is 1.68. The first-order valence-corrected chi connectivity index (χ1v) is 2.24. The monoisotopic (exact) mass is 126 g/mol. The third kappa shape index (κ3) is 6.43. The van der Waals surface area contributed by atoms with E-state index >= 15 is 0 Å². The van der Waals surface area contributed by atoms with Crippen molar-refractivity contribution in [1.82, 2.24) is 5.48 Å². The fourth-order valence-corrected chi connectivity index (χ4v) is 0.283. The number of carbonyl (C=O) groups is 1. The van der Waals surface area contributed by atoms with Gasteiger partial charge in [-0.3, -0.25) is 10.0 Å². The van der Waals surface area contributed by atoms with E-state index in [9.17, 15) is 4.79 Å². The Labute approximate surface area is 70.7 Å². The number of carbonyl (C=O) groups excluding carboxylic acids is 1. The van der Waals surface area contributed by atoms with Crippen LogP contribution in [0.25, 0.3) is 0 Å². The summed E-state index contributed by atoms with van der Waals surface area (Å²) >= 11 is 0. The van der Waals surface area contributed by atoms with Gasteiger partial charge in [0.15, 0.2) is 0 Å². The quantitative estimate of drug-likeness (QED) is 0.240. The third-order valence-corrected chi connectivity index (χ3v) is 0.602. The molecule has 8 heavy (non-hydrogen) atoms. The van der Waals surface area contributed by atoms with Gasteiger partial charge >= 0.3 is 29.6 Å². The van der Waals surface area contributed by atoms with E-state index in [1.54, 1.807) is 0 Å². The van der Waals surface area contributed by atoms with Crippen LogP contribution in [0.5, 0.6) is 0 Å². The van der Waals surface area contributed by atoms with Crippen molar-refractivity contribution in [2.75, 3.05) is 0 Å². The van der Waals surface area contributed by atoms with Gasteiger partial charge in [0.05, 0.1) is 0 Å². The maximum Gasteiger partial charge on any atom is 1.00 e. The molecule has 0 spiro atoms. The minimum atomic E-state index is -0.317. The minimum absolute atomic E-state index is 0. The van der Waals surface area contributed by atoms with Crippen LogP contribution in [0.1, 0.15) is 19.8 Å². The molecule has 2 N–H and O–H groups in total. The zero-order valence-electron chi connectivity index (χ0n) is 5.27. The van der Waals surface area contributed by atoms with Gasteiger partial charge in [-0.2, -0.15) is 0 Å². The molecular weight excluding hydrogens is 117 g/mol. The van der Waals surface area contributed by atoms with Crippen LogP contribution in [-0.2, 0) is 4.79 Å². The Morgan fingerprint density at radius 2 is 2.25 bits per heavy atom. The molecule has 0 bridgehead atoms. The van der Waals surface area contributed by atoms with Crippen molar-refractivity contribution in [3.05, 3.63) is 0 Å². The number of hydrogen-bond acceptors (Lipinski definition) is 2. The molecule has 0 fully saturated rings. The summed E-state index contributed by atoms with van der Waals surface area (Å²) in [5, 5.41) is 7.87. The summed E-state index contributed by atoms with van der Waals surface area (Å²) < 4.78 is 0. The topological polar surface area (TPSA) is 49.3 Å². The second-order valence-electron chi connectivity index (χ2n) is 1.28. The van der Waals surface area contributed by atoms with Crippen molar-refractivity contribution in [1.29, 1.82) is 0 Å². The molecular formula is C4H9NNaO2+. The summed E-state index contributed by atoms with van der Waals surface area (Å²) in [6.07, 6.45) is 1.17. The molecule has 42 valence electrons. The number of hydroxylamine groups is 1. The molecule has 0 saturated carbocycles. The molecule has 1 amide bonds. The van der Waals surface area contributed by atoms with Crippen molar-refractivity contribution in [3.63, 3.8) is 0 Å². The molecule has 4 heteroatoms. The SMILES string of the molecule is CCCC(=O)NO.[Na+]. The molecule has 0 aliphatic carbocycles. The molecule has 0 aliphatic heterocycles. The Bertz CT molecular complexity index is 67.1. The van der Waals surface area contributed by atoms with Gasteiger partial charge in [0.2, 0.25) is 5.91 Å². The third-order valence-electron chi connectivity index (χ3n) is 0.602. The van der Waals surface area contributed by atoms with Crippen molar-refractivity contribution in [3.8, 4) is 0 Å². The van der Waals surface area contributed by atoms with Crippen LogP contribution in [-0.4, -0.2) is 11.1 Å². The first-order chi connectivity index (χ1) is 3.31. The number of nitrogens with one attached hydrogen (secondary N) is 1. The van der Waals surface area contributed by atoms with Crippen molar-refractivity contribution >= 4 is 5.91 Å². The second kappa shape index (κ2) is 7.43. The van der Waals surface area contributed by atoms with E-state index in [0.29, 0.717) is 6.42 Å². The Kier molecular flexibility index (Phi) is 10.5. The normalized spacial score (nSPS) is 7.25. The van der Waals surface area contributed by atoms with Gasteiger partial charge in [-0.05, 0) is 6.42 Å². The van der Waals surface area contributed by atoms with E-state index in [-0.39, 0.29) is 35.5 Å². The van der Waals surface area contributed by atoms with Crippen LogP contribution in [0.3, 0.4) is 0 Å². The summed E-state index contributed by atoms with van der Waals surface area (Å²) in [5.74, 6) is -0.317. The zero-order chi connectivity index (χ0) is 5.70. The Hall–Kier alpha value is 0.430. The van der Waals surface area contributed by atoms with E-state index in [0.717, 1.165) is 6.42 Å². The molecule has 0 aromatic rings. The maximum absolute atomic E-state index is 10.1. The minimum Gasteiger partial charge on any atom is -0.289 e. The van der Waals surface area contributed by atoms with Crippen LogP contribution in [0.4, 0.5) is 0 Å². The Balaban J connectivity index is 0. The number of amides is 1. The predicted octanol–water partition coefficient (Wildman–Crippen LogP) is -2.70. The molecule has 0 saturated heterocycles.